The Bertz CT molecular complexity index is 1370. The van der Waals surface area contributed by atoms with Crippen LogP contribution in [0.5, 0.6) is 11.6 Å². The Kier molecular flexibility index (Phi) is 6.48. The second kappa shape index (κ2) is 9.85. The number of aromatic nitrogens is 2. The minimum Gasteiger partial charge on any atom is -0.438 e. The lowest BCUT2D eigenvalue weighted by Crippen LogP contribution is -2.32. The number of rotatable bonds is 6. The molecule has 2 heterocycles. The maximum atomic E-state index is 13.7. The first-order chi connectivity index (χ1) is 17.0. The number of hydrogen-bond donors (Lipinski definition) is 0. The summed E-state index contributed by atoms with van der Waals surface area (Å²) in [5.41, 5.74) is 2.37. The van der Waals surface area contributed by atoms with Gasteiger partial charge in [-0.15, -0.1) is 5.10 Å². The highest BCUT2D eigenvalue weighted by Gasteiger charge is 2.40. The quantitative estimate of drug-likeness (QED) is 0.329. The van der Waals surface area contributed by atoms with Gasteiger partial charge >= 0.3 is 6.03 Å². The van der Waals surface area contributed by atoms with Crippen molar-refractivity contribution in [2.75, 3.05) is 22.6 Å². The van der Waals surface area contributed by atoms with Crippen LogP contribution in [-0.4, -0.2) is 33.2 Å². The monoisotopic (exact) mass is 504 g/mol. The van der Waals surface area contributed by atoms with Crippen molar-refractivity contribution in [1.82, 2.24) is 10.2 Å². The highest BCUT2D eigenvalue weighted by molar-refractivity contribution is 7.84. The smallest absolute Gasteiger partial charge is 0.329 e. The van der Waals surface area contributed by atoms with E-state index in [0.29, 0.717) is 28.1 Å². The largest absolute Gasteiger partial charge is 0.438 e. The van der Waals surface area contributed by atoms with Crippen LogP contribution in [0.25, 0.3) is 0 Å². The number of carbonyl (C=O) groups is 1. The molecule has 3 aromatic carbocycles. The first-order valence-corrected chi connectivity index (χ1v) is 12.8. The van der Waals surface area contributed by atoms with Gasteiger partial charge in [-0.25, -0.2) is 4.79 Å². The van der Waals surface area contributed by atoms with Gasteiger partial charge in [0, 0.05) is 50.6 Å². The van der Waals surface area contributed by atoms with E-state index in [2.05, 4.69) is 10.2 Å². The summed E-state index contributed by atoms with van der Waals surface area (Å²) < 4.78 is 17.7. The van der Waals surface area contributed by atoms with Gasteiger partial charge in [0.05, 0.1) is 12.6 Å². The Morgan fingerprint density at radius 1 is 0.971 bits per heavy atom. The molecule has 0 N–H and O–H groups in total. The van der Waals surface area contributed by atoms with E-state index in [9.17, 15) is 9.00 Å². The minimum atomic E-state index is -1.09. The van der Waals surface area contributed by atoms with Crippen LogP contribution < -0.4 is 14.5 Å². The Hall–Kier alpha value is -3.75. The number of benzene rings is 3. The molecule has 1 saturated heterocycles. The maximum absolute atomic E-state index is 13.7. The molecule has 35 heavy (non-hydrogen) atoms. The molecule has 2 atom stereocenters. The Labute approximate surface area is 210 Å². The molecule has 2 unspecified atom stereocenters. The van der Waals surface area contributed by atoms with Crippen molar-refractivity contribution >= 4 is 39.8 Å². The highest BCUT2D eigenvalue weighted by atomic mass is 35.5. The standard InChI is InChI=1S/C26H21ClN4O3S/c1-35(33)23-13-11-20(12-14-23)30-17-24(31(26(30)32)21-9-7-19(27)8-10-21)18-4-2-5-22(16-18)34-25-6-3-15-28-29-25/h2-16,24H,17H2,1H3. The van der Waals surface area contributed by atoms with Gasteiger partial charge in [0.1, 0.15) is 5.75 Å². The first-order valence-electron chi connectivity index (χ1n) is 10.8. The average Bonchev–Trinajstić information content (AvgIpc) is 3.22. The van der Waals surface area contributed by atoms with E-state index in [-0.39, 0.29) is 12.1 Å². The zero-order valence-electron chi connectivity index (χ0n) is 18.7. The fraction of sp³-hybridized carbons (Fsp3) is 0.115. The van der Waals surface area contributed by atoms with Crippen molar-refractivity contribution < 1.29 is 13.7 Å². The van der Waals surface area contributed by atoms with Crippen molar-refractivity contribution in [3.8, 4) is 11.6 Å². The topological polar surface area (TPSA) is 75.6 Å². The lowest BCUT2D eigenvalue weighted by molar-refractivity contribution is 0.255. The van der Waals surface area contributed by atoms with Crippen molar-refractivity contribution in [2.24, 2.45) is 0 Å². The predicted molar refractivity (Wildman–Crippen MR) is 137 cm³/mol. The van der Waals surface area contributed by atoms with Crippen LogP contribution >= 0.6 is 11.6 Å². The molecule has 0 spiro atoms. The molecule has 1 aromatic heterocycles. The Morgan fingerprint density at radius 3 is 2.40 bits per heavy atom. The third-order valence-electron chi connectivity index (χ3n) is 5.70. The molecule has 1 aliphatic heterocycles. The van der Waals surface area contributed by atoms with E-state index in [0.717, 1.165) is 16.9 Å². The van der Waals surface area contributed by atoms with E-state index in [1.807, 2.05) is 48.5 Å². The summed E-state index contributed by atoms with van der Waals surface area (Å²) in [6.45, 7) is 0.421. The van der Waals surface area contributed by atoms with Crippen molar-refractivity contribution in [3.63, 3.8) is 0 Å². The molecule has 7 nitrogen and oxygen atoms in total. The van der Waals surface area contributed by atoms with E-state index < -0.39 is 10.8 Å². The summed E-state index contributed by atoms with van der Waals surface area (Å²) >= 11 is 6.10. The van der Waals surface area contributed by atoms with Crippen LogP contribution in [0, 0.1) is 0 Å². The van der Waals surface area contributed by atoms with Gasteiger partial charge in [-0.3, -0.25) is 14.0 Å². The number of anilines is 2. The normalized spacial score (nSPS) is 16.4. The molecule has 0 bridgehead atoms. The van der Waals surface area contributed by atoms with E-state index in [1.165, 1.54) is 0 Å². The molecule has 0 saturated carbocycles. The lowest BCUT2D eigenvalue weighted by atomic mass is 10.1. The molecule has 1 fully saturated rings. The summed E-state index contributed by atoms with van der Waals surface area (Å²) in [5, 5.41) is 8.42. The molecule has 2 amide bonds. The van der Waals surface area contributed by atoms with Crippen LogP contribution in [0.1, 0.15) is 11.6 Å². The first kappa shape index (κ1) is 23.0. The van der Waals surface area contributed by atoms with Gasteiger partial charge in [-0.05, 0) is 72.3 Å². The maximum Gasteiger partial charge on any atom is 0.329 e. The second-order valence-electron chi connectivity index (χ2n) is 7.94. The van der Waals surface area contributed by atoms with Gasteiger partial charge in [-0.2, -0.15) is 5.10 Å². The minimum absolute atomic E-state index is 0.164. The lowest BCUT2D eigenvalue weighted by Gasteiger charge is -2.24. The summed E-state index contributed by atoms with van der Waals surface area (Å²) in [7, 11) is -1.09. The van der Waals surface area contributed by atoms with Gasteiger partial charge in [0.15, 0.2) is 0 Å². The summed E-state index contributed by atoms with van der Waals surface area (Å²) in [6, 6.07) is 25.1. The fourth-order valence-corrected chi connectivity index (χ4v) is 4.67. The molecule has 9 heteroatoms. The van der Waals surface area contributed by atoms with Crippen LogP contribution in [0.2, 0.25) is 5.02 Å². The van der Waals surface area contributed by atoms with E-state index in [4.69, 9.17) is 16.3 Å². The van der Waals surface area contributed by atoms with Gasteiger partial charge < -0.3 is 4.74 Å². The van der Waals surface area contributed by atoms with Crippen LogP contribution in [-0.2, 0) is 10.8 Å². The molecular weight excluding hydrogens is 484 g/mol. The second-order valence-corrected chi connectivity index (χ2v) is 9.76. The molecule has 0 radical (unpaired) electrons. The highest BCUT2D eigenvalue weighted by Crippen LogP contribution is 2.38. The molecular formula is C26H21ClN4O3S. The number of nitrogens with zero attached hydrogens (tertiary/aromatic N) is 4. The van der Waals surface area contributed by atoms with Crippen molar-refractivity contribution in [1.29, 1.82) is 0 Å². The Morgan fingerprint density at radius 2 is 1.71 bits per heavy atom. The number of halogens is 1. The third-order valence-corrected chi connectivity index (χ3v) is 6.89. The number of urea groups is 1. The van der Waals surface area contributed by atoms with Gasteiger partial charge in [0.2, 0.25) is 5.88 Å². The van der Waals surface area contributed by atoms with Crippen molar-refractivity contribution in [3.05, 3.63) is 102 Å². The van der Waals surface area contributed by atoms with Gasteiger partial charge in [-0.1, -0.05) is 23.7 Å². The molecule has 1 aliphatic rings. The van der Waals surface area contributed by atoms with E-state index in [1.54, 1.807) is 58.7 Å². The fourth-order valence-electron chi connectivity index (χ4n) is 4.02. The molecule has 5 rings (SSSR count). The summed E-state index contributed by atoms with van der Waals surface area (Å²) in [5.74, 6) is 0.983. The molecule has 176 valence electrons. The predicted octanol–water partition coefficient (Wildman–Crippen LogP) is 5.85. The molecule has 0 aliphatic carbocycles. The summed E-state index contributed by atoms with van der Waals surface area (Å²) in [4.78, 5) is 17.9. The average molecular weight is 505 g/mol. The number of carbonyl (C=O) groups excluding carboxylic acids is 1. The zero-order chi connectivity index (χ0) is 24.4. The van der Waals surface area contributed by atoms with Crippen LogP contribution in [0.15, 0.2) is 96.0 Å². The number of hydrogen-bond acceptors (Lipinski definition) is 5. The number of ether oxygens (including phenoxy) is 1. The van der Waals surface area contributed by atoms with E-state index >= 15 is 0 Å². The van der Waals surface area contributed by atoms with Crippen LogP contribution in [0.4, 0.5) is 16.2 Å². The third kappa shape index (κ3) is 4.89. The van der Waals surface area contributed by atoms with Gasteiger partial charge in [0.25, 0.3) is 0 Å². The summed E-state index contributed by atoms with van der Waals surface area (Å²) in [6.07, 6.45) is 3.21. The molecule has 4 aromatic rings. The van der Waals surface area contributed by atoms with Crippen molar-refractivity contribution in [2.45, 2.75) is 10.9 Å². The zero-order valence-corrected chi connectivity index (χ0v) is 20.3. The Balaban J connectivity index is 1.51. The van der Waals surface area contributed by atoms with Crippen LogP contribution in [0.3, 0.4) is 0 Å². The number of amides is 2. The SMILES string of the molecule is CS(=O)c1ccc(N2CC(c3cccc(Oc4cccnn4)c3)N(c3ccc(Cl)cc3)C2=O)cc1.